The van der Waals surface area contributed by atoms with Crippen LogP contribution in [-0.4, -0.2) is 36.2 Å². The van der Waals surface area contributed by atoms with Gasteiger partial charge in [0.1, 0.15) is 0 Å². The number of thiocarbonyl (C=S) groups is 1. The largest absolute Gasteiger partial charge is 0.481 e. The lowest BCUT2D eigenvalue weighted by Gasteiger charge is -2.15. The fourth-order valence-corrected chi connectivity index (χ4v) is 0.928. The number of aromatic nitrogens is 1. The third-order valence-corrected chi connectivity index (χ3v) is 2.07. The summed E-state index contributed by atoms with van der Waals surface area (Å²) in [5, 5.41) is 3.68. The summed E-state index contributed by atoms with van der Waals surface area (Å²) in [6, 6.07) is 3.64. The van der Waals surface area contributed by atoms with Gasteiger partial charge in [-0.1, -0.05) is 0 Å². The predicted molar refractivity (Wildman–Crippen MR) is 60.7 cm³/mol. The van der Waals surface area contributed by atoms with E-state index in [9.17, 15) is 0 Å². The molecule has 76 valence electrons. The first-order valence-electron chi connectivity index (χ1n) is 4.12. The molecule has 0 unspecified atom stereocenters. The van der Waals surface area contributed by atoms with Crippen LogP contribution >= 0.6 is 12.2 Å². The minimum atomic E-state index is 0.589. The lowest BCUT2D eigenvalue weighted by atomic mass is 10.4. The van der Waals surface area contributed by atoms with Crippen molar-refractivity contribution < 1.29 is 4.74 Å². The highest BCUT2D eigenvalue weighted by atomic mass is 32.1. The molecule has 0 aromatic carbocycles. The number of nitrogens with zero attached hydrogens (tertiary/aromatic N) is 2. The van der Waals surface area contributed by atoms with Gasteiger partial charge in [0.15, 0.2) is 5.11 Å². The van der Waals surface area contributed by atoms with Crippen LogP contribution in [0.15, 0.2) is 18.3 Å². The molecule has 0 amide bonds. The van der Waals surface area contributed by atoms with Crippen LogP contribution in [0, 0.1) is 0 Å². The number of rotatable bonds is 2. The Morgan fingerprint density at radius 2 is 2.21 bits per heavy atom. The highest BCUT2D eigenvalue weighted by Crippen LogP contribution is 2.10. The van der Waals surface area contributed by atoms with Crippen molar-refractivity contribution in [3.8, 4) is 5.88 Å². The summed E-state index contributed by atoms with van der Waals surface area (Å²) >= 11 is 5.08. The lowest BCUT2D eigenvalue weighted by Crippen LogP contribution is -2.26. The molecule has 1 heterocycles. The average molecular weight is 211 g/mol. The van der Waals surface area contributed by atoms with Gasteiger partial charge in [0.25, 0.3) is 0 Å². The van der Waals surface area contributed by atoms with Crippen molar-refractivity contribution in [1.82, 2.24) is 9.88 Å². The molecule has 5 heteroatoms. The molecule has 0 radical (unpaired) electrons. The molecule has 0 saturated carbocycles. The first-order chi connectivity index (χ1) is 6.63. The van der Waals surface area contributed by atoms with Crippen molar-refractivity contribution >= 4 is 23.0 Å². The smallest absolute Gasteiger partial charge is 0.213 e. The standard InChI is InChI=1S/C9H13N3OS/c1-12(2)9(14)11-7-4-5-8(13-3)10-6-7/h4-6H,1-3H3,(H,11,14). The molecule has 1 N–H and O–H groups in total. The van der Waals surface area contributed by atoms with E-state index in [4.69, 9.17) is 17.0 Å². The third-order valence-electron chi connectivity index (χ3n) is 1.60. The molecule has 1 aromatic rings. The molecule has 4 nitrogen and oxygen atoms in total. The number of methoxy groups -OCH3 is 1. The highest BCUT2D eigenvalue weighted by molar-refractivity contribution is 7.80. The van der Waals surface area contributed by atoms with Crippen LogP contribution in [0.25, 0.3) is 0 Å². The summed E-state index contributed by atoms with van der Waals surface area (Å²) in [7, 11) is 5.35. The second kappa shape index (κ2) is 4.76. The Hall–Kier alpha value is -1.36. The summed E-state index contributed by atoms with van der Waals surface area (Å²) < 4.78 is 4.94. The van der Waals surface area contributed by atoms with E-state index in [0.29, 0.717) is 11.0 Å². The van der Waals surface area contributed by atoms with Crippen LogP contribution in [0.4, 0.5) is 5.69 Å². The zero-order chi connectivity index (χ0) is 10.6. The maximum atomic E-state index is 5.08. The van der Waals surface area contributed by atoms with Gasteiger partial charge < -0.3 is 15.0 Å². The van der Waals surface area contributed by atoms with E-state index in [1.807, 2.05) is 25.1 Å². The van der Waals surface area contributed by atoms with Gasteiger partial charge in [0.2, 0.25) is 5.88 Å². The van der Waals surface area contributed by atoms with Crippen LogP contribution in [0.3, 0.4) is 0 Å². The number of hydrogen-bond acceptors (Lipinski definition) is 3. The minimum absolute atomic E-state index is 0.589. The number of pyridine rings is 1. The lowest BCUT2D eigenvalue weighted by molar-refractivity contribution is 0.398. The van der Waals surface area contributed by atoms with E-state index in [0.717, 1.165) is 5.69 Å². The second-order valence-electron chi connectivity index (χ2n) is 2.91. The number of anilines is 1. The molecule has 0 aliphatic carbocycles. The molecule has 0 saturated heterocycles. The van der Waals surface area contributed by atoms with Gasteiger partial charge in [0.05, 0.1) is 19.0 Å². The molecule has 0 fully saturated rings. The van der Waals surface area contributed by atoms with Crippen LogP contribution < -0.4 is 10.1 Å². The summed E-state index contributed by atoms with van der Waals surface area (Å²) in [5.74, 6) is 0.589. The molecule has 0 atom stereocenters. The molecule has 1 aromatic heterocycles. The Morgan fingerprint density at radius 1 is 1.50 bits per heavy atom. The highest BCUT2D eigenvalue weighted by Gasteiger charge is 1.99. The quantitative estimate of drug-likeness (QED) is 0.747. The van der Waals surface area contributed by atoms with E-state index in [-0.39, 0.29) is 0 Å². The van der Waals surface area contributed by atoms with Gasteiger partial charge in [-0.05, 0) is 18.3 Å². The summed E-state index contributed by atoms with van der Waals surface area (Å²) in [5.41, 5.74) is 0.851. The molecule has 14 heavy (non-hydrogen) atoms. The number of ether oxygens (including phenoxy) is 1. The minimum Gasteiger partial charge on any atom is -0.481 e. The Labute approximate surface area is 88.9 Å². The SMILES string of the molecule is COc1ccc(NC(=S)N(C)C)cn1. The zero-order valence-electron chi connectivity index (χ0n) is 8.44. The monoisotopic (exact) mass is 211 g/mol. The Balaban J connectivity index is 2.64. The normalized spacial score (nSPS) is 9.36. The van der Waals surface area contributed by atoms with Crippen LogP contribution in [0.5, 0.6) is 5.88 Å². The van der Waals surface area contributed by atoms with Gasteiger partial charge in [0, 0.05) is 20.2 Å². The van der Waals surface area contributed by atoms with Gasteiger partial charge in [-0.2, -0.15) is 0 Å². The molecular weight excluding hydrogens is 198 g/mol. The summed E-state index contributed by atoms with van der Waals surface area (Å²) in [6.07, 6.45) is 1.68. The van der Waals surface area contributed by atoms with Crippen molar-refractivity contribution in [3.63, 3.8) is 0 Å². The van der Waals surface area contributed by atoms with E-state index in [1.54, 1.807) is 19.4 Å². The Bertz CT molecular complexity index is 310. The number of nitrogens with one attached hydrogen (secondary N) is 1. The van der Waals surface area contributed by atoms with Gasteiger partial charge in [-0.3, -0.25) is 0 Å². The Morgan fingerprint density at radius 3 is 2.64 bits per heavy atom. The van der Waals surface area contributed by atoms with Crippen molar-refractivity contribution in [1.29, 1.82) is 0 Å². The third kappa shape index (κ3) is 2.85. The summed E-state index contributed by atoms with van der Waals surface area (Å²) in [4.78, 5) is 5.87. The topological polar surface area (TPSA) is 37.4 Å². The van der Waals surface area contributed by atoms with E-state index in [1.165, 1.54) is 0 Å². The van der Waals surface area contributed by atoms with Crippen molar-refractivity contribution in [2.45, 2.75) is 0 Å². The van der Waals surface area contributed by atoms with Gasteiger partial charge >= 0.3 is 0 Å². The fraction of sp³-hybridized carbons (Fsp3) is 0.333. The van der Waals surface area contributed by atoms with E-state index < -0.39 is 0 Å². The van der Waals surface area contributed by atoms with Crippen LogP contribution in [0.2, 0.25) is 0 Å². The molecule has 0 spiro atoms. The van der Waals surface area contributed by atoms with Crippen LogP contribution in [-0.2, 0) is 0 Å². The Kier molecular flexibility index (Phi) is 3.64. The van der Waals surface area contributed by atoms with E-state index in [2.05, 4.69) is 10.3 Å². The molecule has 0 aliphatic heterocycles. The first-order valence-corrected chi connectivity index (χ1v) is 4.52. The maximum Gasteiger partial charge on any atom is 0.213 e. The van der Waals surface area contributed by atoms with Gasteiger partial charge in [-0.25, -0.2) is 4.98 Å². The van der Waals surface area contributed by atoms with E-state index >= 15 is 0 Å². The predicted octanol–water partition coefficient (Wildman–Crippen LogP) is 1.35. The maximum absolute atomic E-state index is 5.08. The molecular formula is C9H13N3OS. The fourth-order valence-electron chi connectivity index (χ4n) is 0.810. The zero-order valence-corrected chi connectivity index (χ0v) is 9.26. The van der Waals surface area contributed by atoms with Crippen molar-refractivity contribution in [2.24, 2.45) is 0 Å². The molecule has 0 bridgehead atoms. The number of hydrogen-bond donors (Lipinski definition) is 1. The first kappa shape index (κ1) is 10.7. The molecule has 0 aliphatic rings. The van der Waals surface area contributed by atoms with Gasteiger partial charge in [-0.15, -0.1) is 0 Å². The van der Waals surface area contributed by atoms with Crippen molar-refractivity contribution in [2.75, 3.05) is 26.5 Å². The van der Waals surface area contributed by atoms with Crippen LogP contribution in [0.1, 0.15) is 0 Å². The second-order valence-corrected chi connectivity index (χ2v) is 3.30. The van der Waals surface area contributed by atoms with Crippen molar-refractivity contribution in [3.05, 3.63) is 18.3 Å². The summed E-state index contributed by atoms with van der Waals surface area (Å²) in [6.45, 7) is 0. The average Bonchev–Trinajstić information content (AvgIpc) is 2.19. The molecule has 1 rings (SSSR count).